The second kappa shape index (κ2) is 6.03. The molecule has 8 nitrogen and oxygen atoms in total. The number of hydrogen-bond donors (Lipinski definition) is 0. The highest BCUT2D eigenvalue weighted by Crippen LogP contribution is 2.38. The van der Waals surface area contributed by atoms with Crippen LogP contribution in [-0.2, 0) is 18.1 Å². The van der Waals surface area contributed by atoms with E-state index in [1.807, 2.05) is 0 Å². The summed E-state index contributed by atoms with van der Waals surface area (Å²) >= 11 is 0.600. The molecule has 1 heterocycles. The summed E-state index contributed by atoms with van der Waals surface area (Å²) < 4.78 is 45.2. The first kappa shape index (κ1) is 17.0. The fourth-order valence-corrected chi connectivity index (χ4v) is 4.43. The summed E-state index contributed by atoms with van der Waals surface area (Å²) in [5.41, 5.74) is 8.62. The number of hydrogen-bond acceptors (Lipinski definition) is 7. The van der Waals surface area contributed by atoms with Crippen LogP contribution in [0.2, 0.25) is 0 Å². The van der Waals surface area contributed by atoms with Crippen molar-refractivity contribution in [3.63, 3.8) is 0 Å². The average molecular weight is 399 g/mol. The first-order valence-electron chi connectivity index (χ1n) is 5.18. The molecule has 0 unspecified atom stereocenters. The lowest BCUT2D eigenvalue weighted by atomic mass is 10.2. The molecule has 0 N–H and O–H groups in total. The summed E-state index contributed by atoms with van der Waals surface area (Å²) in [6.07, 6.45) is 0. The van der Waals surface area contributed by atoms with Crippen LogP contribution < -0.4 is 0 Å². The van der Waals surface area contributed by atoms with Gasteiger partial charge in [0.25, 0.3) is 18.1 Å². The molecule has 0 saturated heterocycles. The number of nitrogens with zero attached hydrogens (tertiary/aromatic N) is 4. The van der Waals surface area contributed by atoms with E-state index in [2.05, 4.69) is 15.0 Å². The molecule has 0 saturated carbocycles. The Labute approximate surface area is 137 Å². The van der Waals surface area contributed by atoms with Crippen molar-refractivity contribution in [1.29, 1.82) is 0 Å². The Morgan fingerprint density at radius 1 is 1.09 bits per heavy atom. The number of halogens is 2. The number of azide groups is 1. The first-order valence-corrected chi connectivity index (χ1v) is 10.6. The zero-order chi connectivity index (χ0) is 16.5. The van der Waals surface area contributed by atoms with Crippen molar-refractivity contribution in [2.75, 3.05) is 0 Å². The van der Waals surface area contributed by atoms with E-state index in [9.17, 15) is 16.8 Å². The predicted octanol–water partition coefficient (Wildman–Crippen LogP) is 3.61. The molecular formula is C9H4Cl2N4O4S3. The molecule has 0 fully saturated rings. The van der Waals surface area contributed by atoms with Gasteiger partial charge in [-0.3, -0.25) is 0 Å². The molecule has 1 aromatic heterocycles. The zero-order valence-corrected chi connectivity index (χ0v) is 14.2. The van der Waals surface area contributed by atoms with Crippen molar-refractivity contribution in [1.82, 2.24) is 4.98 Å². The summed E-state index contributed by atoms with van der Waals surface area (Å²) in [5.74, 6) is 0. The Balaban J connectivity index is 2.64. The number of rotatable bonds is 4. The quantitative estimate of drug-likeness (QED) is 0.336. The van der Waals surface area contributed by atoms with Crippen LogP contribution >= 0.6 is 32.7 Å². The van der Waals surface area contributed by atoms with E-state index in [4.69, 9.17) is 26.9 Å². The average Bonchev–Trinajstić information content (AvgIpc) is 2.82. The number of thiazole rings is 1. The summed E-state index contributed by atoms with van der Waals surface area (Å²) in [6, 6.07) is 5.01. The fourth-order valence-electron chi connectivity index (χ4n) is 1.50. The third-order valence-corrected chi connectivity index (χ3v) is 6.73. The predicted molar refractivity (Wildman–Crippen MR) is 82.4 cm³/mol. The second-order valence-electron chi connectivity index (χ2n) is 3.72. The van der Waals surface area contributed by atoms with Crippen LogP contribution in [-0.4, -0.2) is 21.8 Å². The maximum Gasteiger partial charge on any atom is 0.272 e. The van der Waals surface area contributed by atoms with Crippen molar-refractivity contribution >= 4 is 55.9 Å². The highest BCUT2D eigenvalue weighted by atomic mass is 35.7. The van der Waals surface area contributed by atoms with Gasteiger partial charge in [0.15, 0.2) is 9.34 Å². The van der Waals surface area contributed by atoms with Crippen LogP contribution in [0.15, 0.2) is 38.5 Å². The summed E-state index contributed by atoms with van der Waals surface area (Å²) in [7, 11) is 2.50. The van der Waals surface area contributed by atoms with E-state index in [-0.39, 0.29) is 25.5 Å². The van der Waals surface area contributed by atoms with Gasteiger partial charge in [0.1, 0.15) is 5.69 Å². The fraction of sp³-hybridized carbons (Fsp3) is 0. The Morgan fingerprint density at radius 3 is 2.14 bits per heavy atom. The Kier molecular flexibility index (Phi) is 4.66. The molecule has 2 rings (SSSR count). The summed E-state index contributed by atoms with van der Waals surface area (Å²) in [6.45, 7) is 0. The number of aromatic nitrogens is 1. The smallest absolute Gasteiger partial charge is 0.233 e. The van der Waals surface area contributed by atoms with Crippen LogP contribution in [0.4, 0.5) is 5.13 Å². The molecule has 0 amide bonds. The van der Waals surface area contributed by atoms with Crippen molar-refractivity contribution in [3.05, 3.63) is 34.7 Å². The Hall–Kier alpha value is -1.36. The standard InChI is InChI=1S/C9H4Cl2N4O4S3/c10-21(16,17)6-3-1-5(2-4-6)7-8(22(11,18)19)20-9(13-7)14-15-12/h1-4H. The van der Waals surface area contributed by atoms with Gasteiger partial charge in [0, 0.05) is 31.8 Å². The van der Waals surface area contributed by atoms with E-state index in [1.54, 1.807) is 0 Å². The normalized spacial score (nSPS) is 11.9. The van der Waals surface area contributed by atoms with Crippen molar-refractivity contribution in [2.45, 2.75) is 9.10 Å². The minimum absolute atomic E-state index is 0.0408. The molecule has 13 heteroatoms. The minimum atomic E-state index is -4.12. The first-order chi connectivity index (χ1) is 10.1. The monoisotopic (exact) mass is 398 g/mol. The van der Waals surface area contributed by atoms with Crippen LogP contribution in [0.1, 0.15) is 0 Å². The Morgan fingerprint density at radius 2 is 1.68 bits per heavy atom. The highest BCUT2D eigenvalue weighted by molar-refractivity contribution is 8.15. The molecule has 0 atom stereocenters. The molecule has 0 aliphatic rings. The van der Waals surface area contributed by atoms with Gasteiger partial charge in [0.2, 0.25) is 0 Å². The van der Waals surface area contributed by atoms with Gasteiger partial charge in [-0.15, -0.1) is 0 Å². The zero-order valence-electron chi connectivity index (χ0n) is 10.2. The highest BCUT2D eigenvalue weighted by Gasteiger charge is 2.23. The van der Waals surface area contributed by atoms with Gasteiger partial charge in [-0.25, -0.2) is 21.8 Å². The second-order valence-corrected chi connectivity index (χ2v) is 10.0. The van der Waals surface area contributed by atoms with Crippen LogP contribution in [0, 0.1) is 0 Å². The lowest BCUT2D eigenvalue weighted by Gasteiger charge is -2.01. The maximum atomic E-state index is 11.6. The molecule has 0 aliphatic heterocycles. The molecular weight excluding hydrogens is 395 g/mol. The molecule has 2 aromatic rings. The summed E-state index contributed by atoms with van der Waals surface area (Å²) in [4.78, 5) is 6.25. The number of benzene rings is 1. The summed E-state index contributed by atoms with van der Waals surface area (Å²) in [5, 5.41) is 3.10. The van der Waals surface area contributed by atoms with Gasteiger partial charge in [-0.1, -0.05) is 23.5 Å². The maximum absolute atomic E-state index is 11.6. The van der Waals surface area contributed by atoms with E-state index in [1.165, 1.54) is 24.3 Å². The molecule has 0 radical (unpaired) electrons. The van der Waals surface area contributed by atoms with Gasteiger partial charge >= 0.3 is 0 Å². The van der Waals surface area contributed by atoms with Crippen LogP contribution in [0.3, 0.4) is 0 Å². The van der Waals surface area contributed by atoms with E-state index < -0.39 is 18.1 Å². The molecule has 0 spiro atoms. The van der Waals surface area contributed by atoms with Gasteiger partial charge in [-0.05, 0) is 22.8 Å². The van der Waals surface area contributed by atoms with Gasteiger partial charge < -0.3 is 0 Å². The molecule has 116 valence electrons. The van der Waals surface area contributed by atoms with Crippen LogP contribution in [0.5, 0.6) is 0 Å². The van der Waals surface area contributed by atoms with E-state index in [0.29, 0.717) is 11.3 Å². The third kappa shape index (κ3) is 3.69. The van der Waals surface area contributed by atoms with Gasteiger partial charge in [0.05, 0.1) is 4.90 Å². The van der Waals surface area contributed by atoms with Crippen LogP contribution in [0.25, 0.3) is 21.7 Å². The minimum Gasteiger partial charge on any atom is -0.233 e. The third-order valence-electron chi connectivity index (χ3n) is 2.35. The van der Waals surface area contributed by atoms with Crippen molar-refractivity contribution < 1.29 is 16.8 Å². The Bertz CT molecular complexity index is 976. The topological polar surface area (TPSA) is 130 Å². The lowest BCUT2D eigenvalue weighted by molar-refractivity contribution is 0.608. The SMILES string of the molecule is [N-]=[N+]=Nc1nc(-c2ccc(S(=O)(=O)Cl)cc2)c(S(=O)(=O)Cl)s1. The van der Waals surface area contributed by atoms with Crippen molar-refractivity contribution in [3.8, 4) is 11.3 Å². The molecule has 1 aromatic carbocycles. The largest absolute Gasteiger partial charge is 0.272 e. The molecule has 22 heavy (non-hydrogen) atoms. The molecule has 0 aliphatic carbocycles. The van der Waals surface area contributed by atoms with E-state index in [0.717, 1.165) is 0 Å². The van der Waals surface area contributed by atoms with E-state index >= 15 is 0 Å². The van der Waals surface area contributed by atoms with Crippen molar-refractivity contribution in [2.24, 2.45) is 5.11 Å². The molecule has 0 bridgehead atoms. The van der Waals surface area contributed by atoms with Gasteiger partial charge in [-0.2, -0.15) is 0 Å². The lowest BCUT2D eigenvalue weighted by Crippen LogP contribution is -1.93.